The summed E-state index contributed by atoms with van der Waals surface area (Å²) in [6.07, 6.45) is -4.24. The van der Waals surface area contributed by atoms with Gasteiger partial charge in [0, 0.05) is 0 Å². The van der Waals surface area contributed by atoms with Crippen molar-refractivity contribution in [3.8, 4) is 0 Å². The molecule has 2 aromatic heterocycles. The average molecular weight is 468 g/mol. The second-order valence-corrected chi connectivity index (χ2v) is 8.26. The monoisotopic (exact) mass is 467 g/mol. The van der Waals surface area contributed by atoms with Crippen LogP contribution in [0, 0.1) is 0 Å². The van der Waals surface area contributed by atoms with E-state index in [-0.39, 0.29) is 28.9 Å². The van der Waals surface area contributed by atoms with Crippen LogP contribution in [-0.2, 0) is 23.6 Å². The van der Waals surface area contributed by atoms with Crippen molar-refractivity contribution in [2.45, 2.75) is 37.3 Å². The number of nitrogens with two attached hydrogens (primary N) is 1. The van der Waals surface area contributed by atoms with E-state index in [1.165, 1.54) is 17.8 Å². The topological polar surface area (TPSA) is 212 Å². The van der Waals surface area contributed by atoms with Crippen molar-refractivity contribution in [2.24, 2.45) is 0 Å². The lowest BCUT2D eigenvalue weighted by atomic mass is 10.1. The van der Waals surface area contributed by atoms with Gasteiger partial charge >= 0.3 is 13.6 Å². The Morgan fingerprint density at radius 1 is 1.40 bits per heavy atom. The van der Waals surface area contributed by atoms with Crippen LogP contribution in [0.25, 0.3) is 11.2 Å². The fourth-order valence-electron chi connectivity index (χ4n) is 2.90. The van der Waals surface area contributed by atoms with Crippen LogP contribution >= 0.6 is 19.2 Å². The predicted octanol–water partition coefficient (Wildman–Crippen LogP) is -1.24. The Bertz CT molecular complexity index is 984. The summed E-state index contributed by atoms with van der Waals surface area (Å²) in [6, 6.07) is 0. The highest BCUT2D eigenvalue weighted by Crippen LogP contribution is 2.43. The lowest BCUT2D eigenvalue weighted by Gasteiger charge is -2.20. The minimum absolute atomic E-state index is 0.00408. The maximum absolute atomic E-state index is 11.8. The largest absolute Gasteiger partial charge is 0.464 e. The fourth-order valence-corrected chi connectivity index (χ4v) is 3.70. The average Bonchev–Trinajstić information content (AvgIpc) is 3.17. The van der Waals surface area contributed by atoms with Crippen molar-refractivity contribution >= 4 is 42.1 Å². The SMILES string of the molecule is CCOC(=O)[C@@H](OC[C@H]1O[C@@H](n2cnc3c(N)nc(Cl)nc32)[C@H](O)[C@H]1O)P(=O)(O)O. The van der Waals surface area contributed by atoms with Gasteiger partial charge in [-0.05, 0) is 18.5 Å². The Hall–Kier alpha value is -1.90. The number of nitrogens with zero attached hydrogens (tertiary/aromatic N) is 4. The first-order chi connectivity index (χ1) is 14.0. The van der Waals surface area contributed by atoms with Crippen LogP contribution in [0.15, 0.2) is 6.33 Å². The number of imidazole rings is 1. The van der Waals surface area contributed by atoms with Gasteiger partial charge in [-0.15, -0.1) is 0 Å². The van der Waals surface area contributed by atoms with E-state index < -0.39 is 50.6 Å². The molecule has 166 valence electrons. The predicted molar refractivity (Wildman–Crippen MR) is 99.1 cm³/mol. The third-order valence-electron chi connectivity index (χ3n) is 4.24. The molecule has 16 heteroatoms. The van der Waals surface area contributed by atoms with E-state index in [2.05, 4.69) is 19.7 Å². The third kappa shape index (κ3) is 4.40. The maximum Gasteiger partial charge on any atom is 0.365 e. The molecule has 0 spiro atoms. The summed E-state index contributed by atoms with van der Waals surface area (Å²) in [5.74, 6) is -3.47. The van der Waals surface area contributed by atoms with Crippen molar-refractivity contribution in [3.05, 3.63) is 11.6 Å². The fraction of sp³-hybridized carbons (Fsp3) is 0.571. The number of carbonyl (C=O) groups is 1. The molecule has 0 aliphatic carbocycles. The summed E-state index contributed by atoms with van der Waals surface area (Å²) in [4.78, 5) is 42.2. The number of aromatic nitrogens is 4. The molecule has 1 aliphatic heterocycles. The highest BCUT2D eigenvalue weighted by Gasteiger charge is 2.46. The van der Waals surface area contributed by atoms with Gasteiger partial charge < -0.3 is 39.9 Å². The van der Waals surface area contributed by atoms with E-state index in [0.29, 0.717) is 0 Å². The molecule has 3 rings (SSSR count). The van der Waals surface area contributed by atoms with Gasteiger partial charge in [-0.25, -0.2) is 9.78 Å². The molecule has 1 saturated heterocycles. The number of carbonyl (C=O) groups excluding carboxylic acids is 1. The quantitative estimate of drug-likeness (QED) is 0.183. The molecule has 0 aromatic carbocycles. The van der Waals surface area contributed by atoms with Crippen LogP contribution in [0.1, 0.15) is 13.2 Å². The molecule has 0 unspecified atom stereocenters. The number of nitrogen functional groups attached to an aromatic ring is 1. The number of rotatable bonds is 7. The number of anilines is 1. The van der Waals surface area contributed by atoms with Crippen molar-refractivity contribution in [3.63, 3.8) is 0 Å². The summed E-state index contributed by atoms with van der Waals surface area (Å²) in [6.45, 7) is 0.703. The molecule has 3 heterocycles. The number of hydrogen-bond acceptors (Lipinski definition) is 11. The third-order valence-corrected chi connectivity index (χ3v) is 5.38. The van der Waals surface area contributed by atoms with E-state index >= 15 is 0 Å². The van der Waals surface area contributed by atoms with Gasteiger partial charge in [-0.2, -0.15) is 9.97 Å². The number of hydrogen-bond donors (Lipinski definition) is 5. The zero-order valence-corrected chi connectivity index (χ0v) is 17.1. The Morgan fingerprint density at radius 2 is 2.10 bits per heavy atom. The van der Waals surface area contributed by atoms with Gasteiger partial charge in [0.1, 0.15) is 23.8 Å². The summed E-state index contributed by atoms with van der Waals surface area (Å²) >= 11 is 5.80. The Labute approximate surface area is 173 Å². The molecule has 5 atom stereocenters. The first kappa shape index (κ1) is 22.8. The van der Waals surface area contributed by atoms with Crippen LogP contribution in [0.3, 0.4) is 0 Å². The van der Waals surface area contributed by atoms with E-state index in [0.717, 1.165) is 0 Å². The smallest absolute Gasteiger partial charge is 0.365 e. The van der Waals surface area contributed by atoms with Gasteiger partial charge in [-0.3, -0.25) is 9.13 Å². The van der Waals surface area contributed by atoms with Crippen molar-refractivity contribution < 1.29 is 43.6 Å². The molecule has 0 radical (unpaired) electrons. The summed E-state index contributed by atoms with van der Waals surface area (Å²) in [5, 5.41) is 20.5. The summed E-state index contributed by atoms with van der Waals surface area (Å²) in [7, 11) is -5.02. The van der Waals surface area contributed by atoms with Gasteiger partial charge in [0.25, 0.3) is 5.85 Å². The van der Waals surface area contributed by atoms with Crippen molar-refractivity contribution in [1.82, 2.24) is 19.5 Å². The number of fused-ring (bicyclic) bond motifs is 1. The molecule has 14 nitrogen and oxygen atoms in total. The Morgan fingerprint density at radius 3 is 2.73 bits per heavy atom. The number of aliphatic hydroxyl groups is 2. The zero-order chi connectivity index (χ0) is 22.2. The highest BCUT2D eigenvalue weighted by molar-refractivity contribution is 7.53. The molecule has 6 N–H and O–H groups in total. The molecule has 0 amide bonds. The first-order valence-electron chi connectivity index (χ1n) is 8.55. The number of halogens is 1. The number of aliphatic hydroxyl groups excluding tert-OH is 2. The zero-order valence-electron chi connectivity index (χ0n) is 15.4. The maximum atomic E-state index is 11.8. The standard InChI is InChI=1S/C14H19ClN5O9P/c1-2-27-12(23)13(30(24,25)26)28-3-5-7(21)8(22)11(29-5)20-4-17-6-9(16)18-14(15)19-10(6)20/h4-5,7-8,11,13,21-22H,2-3H2,1H3,(H2,16,18,19)(H2,24,25,26)/t5-,7+,8-,11-,13+/m1/s1. The van der Waals surface area contributed by atoms with Gasteiger partial charge in [0.15, 0.2) is 17.7 Å². The van der Waals surface area contributed by atoms with E-state index in [1.54, 1.807) is 0 Å². The molecule has 0 saturated carbocycles. The summed E-state index contributed by atoms with van der Waals surface area (Å²) in [5.41, 5.74) is 6.05. The lowest BCUT2D eigenvalue weighted by molar-refractivity contribution is -0.155. The van der Waals surface area contributed by atoms with Crippen molar-refractivity contribution in [1.29, 1.82) is 0 Å². The molecular formula is C14H19ClN5O9P. The van der Waals surface area contributed by atoms with Crippen LogP contribution in [0.4, 0.5) is 5.82 Å². The molecule has 1 aliphatic rings. The van der Waals surface area contributed by atoms with Crippen LogP contribution in [0.2, 0.25) is 5.28 Å². The second-order valence-electron chi connectivity index (χ2n) is 6.28. The second kappa shape index (κ2) is 8.69. The van der Waals surface area contributed by atoms with Crippen molar-refractivity contribution in [2.75, 3.05) is 18.9 Å². The summed E-state index contributed by atoms with van der Waals surface area (Å²) < 4.78 is 27.9. The molecule has 30 heavy (non-hydrogen) atoms. The van der Waals surface area contributed by atoms with E-state index in [9.17, 15) is 29.4 Å². The minimum Gasteiger partial charge on any atom is -0.464 e. The van der Waals surface area contributed by atoms with Gasteiger partial charge in [0.2, 0.25) is 5.28 Å². The van der Waals surface area contributed by atoms with E-state index in [4.69, 9.17) is 26.8 Å². The number of esters is 1. The molecule has 2 aromatic rings. The molecule has 0 bridgehead atoms. The highest BCUT2D eigenvalue weighted by atomic mass is 35.5. The Kier molecular flexibility index (Phi) is 6.60. The van der Waals surface area contributed by atoms with Crippen LogP contribution in [0.5, 0.6) is 0 Å². The minimum atomic E-state index is -5.02. The number of ether oxygens (including phenoxy) is 3. The first-order valence-corrected chi connectivity index (χ1v) is 10.6. The van der Waals surface area contributed by atoms with Crippen LogP contribution < -0.4 is 5.73 Å². The van der Waals surface area contributed by atoms with Gasteiger partial charge in [0.05, 0.1) is 19.5 Å². The van der Waals surface area contributed by atoms with E-state index in [1.807, 2.05) is 0 Å². The Balaban J connectivity index is 1.79. The van der Waals surface area contributed by atoms with Crippen LogP contribution in [-0.4, -0.2) is 82.9 Å². The molecule has 1 fully saturated rings. The lowest BCUT2D eigenvalue weighted by Crippen LogP contribution is -2.36. The normalized spacial score (nSPS) is 25.5. The van der Waals surface area contributed by atoms with Gasteiger partial charge in [-0.1, -0.05) is 0 Å². The molecular weight excluding hydrogens is 449 g/mol.